The summed E-state index contributed by atoms with van der Waals surface area (Å²) in [6.45, 7) is 2.82. The standard InChI is InChI=1S/C13H17FN2/c1-3-13(8-9-15)16(2)10-11-4-6-12(14)7-5-11/h4-7,13H,3,8,10H2,1-2H3. The second-order valence-electron chi connectivity index (χ2n) is 3.97. The fourth-order valence-corrected chi connectivity index (χ4v) is 1.72. The first kappa shape index (κ1) is 12.7. The van der Waals surface area contributed by atoms with Crippen molar-refractivity contribution in [2.24, 2.45) is 0 Å². The molecule has 0 aliphatic carbocycles. The van der Waals surface area contributed by atoms with Gasteiger partial charge >= 0.3 is 0 Å². The molecule has 0 aromatic heterocycles. The van der Waals surface area contributed by atoms with E-state index in [1.807, 2.05) is 7.05 Å². The molecule has 0 N–H and O–H groups in total. The van der Waals surface area contributed by atoms with Gasteiger partial charge in [0, 0.05) is 12.6 Å². The molecule has 0 heterocycles. The lowest BCUT2D eigenvalue weighted by molar-refractivity contribution is 0.230. The third kappa shape index (κ3) is 3.63. The van der Waals surface area contributed by atoms with E-state index in [1.165, 1.54) is 12.1 Å². The Hall–Kier alpha value is -1.40. The lowest BCUT2D eigenvalue weighted by atomic mass is 10.1. The second kappa shape index (κ2) is 6.24. The van der Waals surface area contributed by atoms with Crippen LogP contribution in [0.2, 0.25) is 0 Å². The highest BCUT2D eigenvalue weighted by atomic mass is 19.1. The monoisotopic (exact) mass is 220 g/mol. The Morgan fingerprint density at radius 2 is 2.00 bits per heavy atom. The van der Waals surface area contributed by atoms with Crippen molar-refractivity contribution in [1.29, 1.82) is 5.26 Å². The lowest BCUT2D eigenvalue weighted by Crippen LogP contribution is -2.30. The summed E-state index contributed by atoms with van der Waals surface area (Å²) in [5.41, 5.74) is 1.07. The van der Waals surface area contributed by atoms with Crippen molar-refractivity contribution < 1.29 is 4.39 Å². The Labute approximate surface area is 96.3 Å². The van der Waals surface area contributed by atoms with Crippen molar-refractivity contribution in [3.63, 3.8) is 0 Å². The van der Waals surface area contributed by atoms with E-state index in [1.54, 1.807) is 12.1 Å². The van der Waals surface area contributed by atoms with Crippen LogP contribution in [0.5, 0.6) is 0 Å². The van der Waals surface area contributed by atoms with Crippen molar-refractivity contribution >= 4 is 0 Å². The number of nitrogens with zero attached hydrogens (tertiary/aromatic N) is 2. The zero-order chi connectivity index (χ0) is 12.0. The number of hydrogen-bond acceptors (Lipinski definition) is 2. The fraction of sp³-hybridized carbons (Fsp3) is 0.462. The van der Waals surface area contributed by atoms with Crippen LogP contribution < -0.4 is 0 Å². The zero-order valence-electron chi connectivity index (χ0n) is 9.78. The molecule has 0 amide bonds. The highest BCUT2D eigenvalue weighted by Gasteiger charge is 2.12. The van der Waals surface area contributed by atoms with Gasteiger partial charge in [-0.15, -0.1) is 0 Å². The number of rotatable bonds is 5. The SMILES string of the molecule is CCC(CC#N)N(C)Cc1ccc(F)cc1. The Kier molecular flexibility index (Phi) is 4.94. The van der Waals surface area contributed by atoms with Crippen molar-refractivity contribution in [1.82, 2.24) is 4.90 Å². The molecule has 1 aromatic carbocycles. The maximum atomic E-state index is 12.7. The lowest BCUT2D eigenvalue weighted by Gasteiger charge is -2.25. The third-order valence-corrected chi connectivity index (χ3v) is 2.77. The number of hydrogen-bond donors (Lipinski definition) is 0. The Morgan fingerprint density at radius 1 is 1.38 bits per heavy atom. The molecule has 1 atom stereocenters. The van der Waals surface area contributed by atoms with Gasteiger partial charge in [0.05, 0.1) is 12.5 Å². The normalized spacial score (nSPS) is 12.4. The Bertz CT molecular complexity index is 353. The summed E-state index contributed by atoms with van der Waals surface area (Å²) in [7, 11) is 1.99. The van der Waals surface area contributed by atoms with E-state index >= 15 is 0 Å². The summed E-state index contributed by atoms with van der Waals surface area (Å²) in [6.07, 6.45) is 1.49. The largest absolute Gasteiger partial charge is 0.298 e. The first-order chi connectivity index (χ1) is 7.67. The summed E-state index contributed by atoms with van der Waals surface area (Å²) in [5.74, 6) is -0.213. The van der Waals surface area contributed by atoms with Crippen LogP contribution in [0.3, 0.4) is 0 Å². The summed E-state index contributed by atoms with van der Waals surface area (Å²) >= 11 is 0. The molecule has 0 fully saturated rings. The summed E-state index contributed by atoms with van der Waals surface area (Å²) in [6, 6.07) is 8.96. The third-order valence-electron chi connectivity index (χ3n) is 2.77. The summed E-state index contributed by atoms with van der Waals surface area (Å²) in [5, 5.41) is 8.69. The van der Waals surface area contributed by atoms with Gasteiger partial charge in [-0.05, 0) is 31.2 Å². The highest BCUT2D eigenvalue weighted by Crippen LogP contribution is 2.11. The van der Waals surface area contributed by atoms with Crippen LogP contribution >= 0.6 is 0 Å². The second-order valence-corrected chi connectivity index (χ2v) is 3.97. The first-order valence-electron chi connectivity index (χ1n) is 5.49. The molecule has 1 rings (SSSR count). The fourth-order valence-electron chi connectivity index (χ4n) is 1.72. The van der Waals surface area contributed by atoms with Gasteiger partial charge in [-0.1, -0.05) is 19.1 Å². The predicted octanol–water partition coefficient (Wildman–Crippen LogP) is 2.95. The quantitative estimate of drug-likeness (QED) is 0.762. The van der Waals surface area contributed by atoms with E-state index in [9.17, 15) is 4.39 Å². The highest BCUT2D eigenvalue weighted by molar-refractivity contribution is 5.15. The van der Waals surface area contributed by atoms with Gasteiger partial charge in [0.25, 0.3) is 0 Å². The number of nitriles is 1. The maximum Gasteiger partial charge on any atom is 0.123 e. The topological polar surface area (TPSA) is 27.0 Å². The molecular formula is C13H17FN2. The molecule has 86 valence electrons. The maximum absolute atomic E-state index is 12.7. The average molecular weight is 220 g/mol. The average Bonchev–Trinajstić information content (AvgIpc) is 2.29. The molecule has 0 spiro atoms. The molecule has 2 nitrogen and oxygen atoms in total. The van der Waals surface area contributed by atoms with Crippen molar-refractivity contribution in [2.45, 2.75) is 32.4 Å². The molecule has 0 radical (unpaired) electrons. The van der Waals surface area contributed by atoms with Gasteiger partial charge in [-0.2, -0.15) is 5.26 Å². The van der Waals surface area contributed by atoms with Gasteiger partial charge in [0.15, 0.2) is 0 Å². The Morgan fingerprint density at radius 3 is 2.50 bits per heavy atom. The van der Waals surface area contributed by atoms with Gasteiger partial charge in [-0.3, -0.25) is 4.90 Å². The molecule has 16 heavy (non-hydrogen) atoms. The molecule has 0 saturated heterocycles. The van der Waals surface area contributed by atoms with Crippen LogP contribution in [-0.4, -0.2) is 18.0 Å². The van der Waals surface area contributed by atoms with E-state index in [-0.39, 0.29) is 11.9 Å². The summed E-state index contributed by atoms with van der Waals surface area (Å²) < 4.78 is 12.7. The first-order valence-corrected chi connectivity index (χ1v) is 5.49. The molecule has 0 aliphatic rings. The van der Waals surface area contributed by atoms with E-state index in [0.717, 1.165) is 18.5 Å². The molecule has 0 saturated carbocycles. The molecule has 0 aliphatic heterocycles. The van der Waals surface area contributed by atoms with E-state index in [0.29, 0.717) is 6.42 Å². The predicted molar refractivity (Wildman–Crippen MR) is 62.2 cm³/mol. The van der Waals surface area contributed by atoms with Crippen LogP contribution in [0.15, 0.2) is 24.3 Å². The van der Waals surface area contributed by atoms with Crippen molar-refractivity contribution in [2.75, 3.05) is 7.05 Å². The minimum Gasteiger partial charge on any atom is -0.298 e. The van der Waals surface area contributed by atoms with Crippen LogP contribution in [0.25, 0.3) is 0 Å². The van der Waals surface area contributed by atoms with Crippen LogP contribution in [0, 0.1) is 17.1 Å². The minimum absolute atomic E-state index is 0.213. The van der Waals surface area contributed by atoms with Gasteiger partial charge in [0.2, 0.25) is 0 Å². The molecule has 1 aromatic rings. The molecule has 1 unspecified atom stereocenters. The molecular weight excluding hydrogens is 203 g/mol. The molecule has 0 bridgehead atoms. The van der Waals surface area contributed by atoms with Crippen molar-refractivity contribution in [3.8, 4) is 6.07 Å². The van der Waals surface area contributed by atoms with Crippen LogP contribution in [0.4, 0.5) is 4.39 Å². The number of benzene rings is 1. The van der Waals surface area contributed by atoms with E-state index in [4.69, 9.17) is 5.26 Å². The number of halogens is 1. The smallest absolute Gasteiger partial charge is 0.123 e. The minimum atomic E-state index is -0.213. The Balaban J connectivity index is 2.59. The van der Waals surface area contributed by atoms with E-state index in [2.05, 4.69) is 17.9 Å². The van der Waals surface area contributed by atoms with Crippen LogP contribution in [0.1, 0.15) is 25.3 Å². The van der Waals surface area contributed by atoms with E-state index < -0.39 is 0 Å². The van der Waals surface area contributed by atoms with Gasteiger partial charge in [0.1, 0.15) is 5.82 Å². The van der Waals surface area contributed by atoms with Crippen LogP contribution in [-0.2, 0) is 6.54 Å². The molecule has 3 heteroatoms. The van der Waals surface area contributed by atoms with Crippen molar-refractivity contribution in [3.05, 3.63) is 35.6 Å². The zero-order valence-corrected chi connectivity index (χ0v) is 9.78. The van der Waals surface area contributed by atoms with Gasteiger partial charge in [-0.25, -0.2) is 4.39 Å². The van der Waals surface area contributed by atoms with Gasteiger partial charge < -0.3 is 0 Å². The summed E-state index contributed by atoms with van der Waals surface area (Å²) in [4.78, 5) is 2.14.